The number of carbonyl (C=O) groups is 1. The average molecular weight is 170 g/mol. The van der Waals surface area contributed by atoms with Crippen LogP contribution in [0.25, 0.3) is 0 Å². The number of rotatable bonds is 4. The fourth-order valence-electron chi connectivity index (χ4n) is 1.28. The summed E-state index contributed by atoms with van der Waals surface area (Å²) in [5.41, 5.74) is 0.573. The van der Waals surface area contributed by atoms with Crippen LogP contribution in [-0.2, 0) is 9.53 Å². The van der Waals surface area contributed by atoms with Gasteiger partial charge in [-0.3, -0.25) is 0 Å². The van der Waals surface area contributed by atoms with Crippen molar-refractivity contribution >= 4 is 5.97 Å². The largest absolute Gasteiger partial charge is 0.459 e. The minimum absolute atomic E-state index is 0.0107. The normalized spacial score (nSPS) is 22.9. The van der Waals surface area contributed by atoms with Crippen LogP contribution in [0.3, 0.4) is 0 Å². The van der Waals surface area contributed by atoms with Gasteiger partial charge < -0.3 is 9.84 Å². The zero-order valence-corrected chi connectivity index (χ0v) is 7.08. The molecule has 0 aromatic rings. The van der Waals surface area contributed by atoms with E-state index in [0.29, 0.717) is 12.0 Å². The van der Waals surface area contributed by atoms with Crippen molar-refractivity contribution in [3.05, 3.63) is 12.2 Å². The molecule has 1 aliphatic rings. The van der Waals surface area contributed by atoms with Gasteiger partial charge in [0.05, 0.1) is 0 Å². The van der Waals surface area contributed by atoms with E-state index in [0.717, 1.165) is 19.3 Å². The summed E-state index contributed by atoms with van der Waals surface area (Å²) >= 11 is 0. The Kier molecular flexibility index (Phi) is 3.29. The van der Waals surface area contributed by atoms with Crippen molar-refractivity contribution in [3.63, 3.8) is 0 Å². The summed E-state index contributed by atoms with van der Waals surface area (Å²) in [7, 11) is 0. The van der Waals surface area contributed by atoms with Gasteiger partial charge in [-0.2, -0.15) is 0 Å². The molecular weight excluding hydrogens is 156 g/mol. The molecule has 1 saturated heterocycles. The van der Waals surface area contributed by atoms with Gasteiger partial charge in [0.1, 0.15) is 6.10 Å². The van der Waals surface area contributed by atoms with E-state index in [-0.39, 0.29) is 18.7 Å². The quantitative estimate of drug-likeness (QED) is 0.389. The van der Waals surface area contributed by atoms with Crippen LogP contribution in [-0.4, -0.2) is 23.8 Å². The number of ether oxygens (including phenoxy) is 1. The standard InChI is InChI=1S/C9H14O3/c1-7-6-8(12-9(7)11)4-2-3-5-10/h8,10H,1-6H2. The van der Waals surface area contributed by atoms with E-state index < -0.39 is 0 Å². The van der Waals surface area contributed by atoms with E-state index in [1.54, 1.807) is 0 Å². The van der Waals surface area contributed by atoms with Crippen molar-refractivity contribution in [3.8, 4) is 0 Å². The summed E-state index contributed by atoms with van der Waals surface area (Å²) in [6, 6.07) is 0. The molecule has 1 aliphatic heterocycles. The van der Waals surface area contributed by atoms with E-state index in [1.165, 1.54) is 0 Å². The lowest BCUT2D eigenvalue weighted by Gasteiger charge is -2.06. The number of esters is 1. The van der Waals surface area contributed by atoms with Gasteiger partial charge in [-0.05, 0) is 19.3 Å². The molecule has 68 valence electrons. The third-order valence-electron chi connectivity index (χ3n) is 1.97. The molecule has 1 rings (SSSR count). The summed E-state index contributed by atoms with van der Waals surface area (Å²) in [4.78, 5) is 10.8. The molecule has 0 saturated carbocycles. The Morgan fingerprint density at radius 2 is 2.33 bits per heavy atom. The van der Waals surface area contributed by atoms with Crippen molar-refractivity contribution in [2.24, 2.45) is 0 Å². The third-order valence-corrected chi connectivity index (χ3v) is 1.97. The summed E-state index contributed by atoms with van der Waals surface area (Å²) < 4.78 is 5.00. The van der Waals surface area contributed by atoms with E-state index in [4.69, 9.17) is 9.84 Å². The van der Waals surface area contributed by atoms with Crippen LogP contribution in [0.15, 0.2) is 12.2 Å². The number of carbonyl (C=O) groups excluding carboxylic acids is 1. The Morgan fingerprint density at radius 1 is 1.58 bits per heavy atom. The minimum Gasteiger partial charge on any atom is -0.459 e. The number of aliphatic hydroxyl groups excluding tert-OH is 1. The molecule has 0 aliphatic carbocycles. The Balaban J connectivity index is 2.19. The molecular formula is C9H14O3. The SMILES string of the molecule is C=C1CC(CCCCO)OC1=O. The fourth-order valence-corrected chi connectivity index (χ4v) is 1.28. The van der Waals surface area contributed by atoms with Crippen molar-refractivity contribution < 1.29 is 14.6 Å². The van der Waals surface area contributed by atoms with E-state index in [9.17, 15) is 4.79 Å². The first kappa shape index (κ1) is 9.26. The molecule has 0 spiro atoms. The smallest absolute Gasteiger partial charge is 0.333 e. The van der Waals surface area contributed by atoms with Gasteiger partial charge >= 0.3 is 5.97 Å². The lowest BCUT2D eigenvalue weighted by Crippen LogP contribution is -2.06. The first-order valence-corrected chi connectivity index (χ1v) is 4.23. The Bertz CT molecular complexity index is 170. The molecule has 1 heterocycles. The molecule has 12 heavy (non-hydrogen) atoms. The van der Waals surface area contributed by atoms with Crippen LogP contribution >= 0.6 is 0 Å². The summed E-state index contributed by atoms with van der Waals surface area (Å²) in [5, 5.41) is 8.52. The number of unbranched alkanes of at least 4 members (excludes halogenated alkanes) is 1. The van der Waals surface area contributed by atoms with Gasteiger partial charge in [-0.15, -0.1) is 0 Å². The molecule has 1 atom stereocenters. The van der Waals surface area contributed by atoms with Crippen molar-refractivity contribution in [1.82, 2.24) is 0 Å². The summed E-state index contributed by atoms with van der Waals surface area (Å²) in [6.07, 6.45) is 3.19. The van der Waals surface area contributed by atoms with Gasteiger partial charge in [-0.1, -0.05) is 6.58 Å². The second-order valence-corrected chi connectivity index (χ2v) is 3.05. The zero-order valence-electron chi connectivity index (χ0n) is 7.08. The highest BCUT2D eigenvalue weighted by molar-refractivity contribution is 5.89. The van der Waals surface area contributed by atoms with Crippen LogP contribution < -0.4 is 0 Å². The molecule has 0 radical (unpaired) electrons. The van der Waals surface area contributed by atoms with Crippen LogP contribution in [0, 0.1) is 0 Å². The molecule has 3 heteroatoms. The Hall–Kier alpha value is -0.830. The van der Waals surface area contributed by atoms with Crippen molar-refractivity contribution in [1.29, 1.82) is 0 Å². The molecule has 1 unspecified atom stereocenters. The van der Waals surface area contributed by atoms with Gasteiger partial charge in [0, 0.05) is 18.6 Å². The third kappa shape index (κ3) is 2.34. The second-order valence-electron chi connectivity index (χ2n) is 3.05. The van der Waals surface area contributed by atoms with Gasteiger partial charge in [0.15, 0.2) is 0 Å². The first-order chi connectivity index (χ1) is 5.74. The number of cyclic esters (lactones) is 1. The monoisotopic (exact) mass is 170 g/mol. The number of aliphatic hydroxyl groups is 1. The highest BCUT2D eigenvalue weighted by Crippen LogP contribution is 2.22. The molecule has 0 bridgehead atoms. The summed E-state index contributed by atoms with van der Waals surface area (Å²) in [5.74, 6) is -0.260. The average Bonchev–Trinajstić information content (AvgIpc) is 2.32. The zero-order chi connectivity index (χ0) is 8.97. The lowest BCUT2D eigenvalue weighted by molar-refractivity contribution is -0.139. The molecule has 0 amide bonds. The second kappa shape index (κ2) is 4.26. The van der Waals surface area contributed by atoms with E-state index >= 15 is 0 Å². The molecule has 0 aromatic carbocycles. The van der Waals surface area contributed by atoms with Crippen LogP contribution in [0.1, 0.15) is 25.7 Å². The van der Waals surface area contributed by atoms with E-state index in [1.807, 2.05) is 0 Å². The van der Waals surface area contributed by atoms with Crippen LogP contribution in [0.5, 0.6) is 0 Å². The van der Waals surface area contributed by atoms with Crippen LogP contribution in [0.2, 0.25) is 0 Å². The molecule has 0 aromatic heterocycles. The maximum Gasteiger partial charge on any atom is 0.333 e. The van der Waals surface area contributed by atoms with Gasteiger partial charge in [0.2, 0.25) is 0 Å². The van der Waals surface area contributed by atoms with E-state index in [2.05, 4.69) is 6.58 Å². The highest BCUT2D eigenvalue weighted by Gasteiger charge is 2.26. The molecule has 1 N–H and O–H groups in total. The minimum atomic E-state index is -0.260. The molecule has 3 nitrogen and oxygen atoms in total. The lowest BCUT2D eigenvalue weighted by atomic mass is 10.1. The summed E-state index contributed by atoms with van der Waals surface area (Å²) in [6.45, 7) is 3.80. The topological polar surface area (TPSA) is 46.5 Å². The predicted octanol–water partition coefficient (Wildman–Crippen LogP) is 1.02. The fraction of sp³-hybridized carbons (Fsp3) is 0.667. The number of hydrogen-bond acceptors (Lipinski definition) is 3. The maximum absolute atomic E-state index is 10.8. The highest BCUT2D eigenvalue weighted by atomic mass is 16.5. The van der Waals surface area contributed by atoms with Crippen LogP contribution in [0.4, 0.5) is 0 Å². The van der Waals surface area contributed by atoms with Gasteiger partial charge in [0.25, 0.3) is 0 Å². The van der Waals surface area contributed by atoms with Crippen molar-refractivity contribution in [2.75, 3.05) is 6.61 Å². The Labute approximate surface area is 72.0 Å². The molecule has 1 fully saturated rings. The first-order valence-electron chi connectivity index (χ1n) is 4.23. The van der Waals surface area contributed by atoms with Crippen molar-refractivity contribution in [2.45, 2.75) is 31.8 Å². The van der Waals surface area contributed by atoms with Gasteiger partial charge in [-0.25, -0.2) is 4.79 Å². The Morgan fingerprint density at radius 3 is 2.83 bits per heavy atom. The maximum atomic E-state index is 10.8. The number of hydrogen-bond donors (Lipinski definition) is 1. The predicted molar refractivity (Wildman–Crippen MR) is 44.6 cm³/mol.